The molecule has 0 radical (unpaired) electrons. The summed E-state index contributed by atoms with van der Waals surface area (Å²) in [5.41, 5.74) is 0.829. The number of hydrogen-bond acceptors (Lipinski definition) is 4. The monoisotopic (exact) mass is 348 g/mol. The summed E-state index contributed by atoms with van der Waals surface area (Å²) in [6, 6.07) is 4.70. The van der Waals surface area contributed by atoms with Crippen LogP contribution < -0.4 is 4.90 Å². The summed E-state index contributed by atoms with van der Waals surface area (Å²) in [4.78, 5) is 40.3. The molecule has 0 heterocycles. The van der Waals surface area contributed by atoms with Crippen LogP contribution in [0.5, 0.6) is 0 Å². The molecule has 0 saturated heterocycles. The second-order valence-corrected chi connectivity index (χ2v) is 6.65. The minimum atomic E-state index is -0.389. The first-order valence-corrected chi connectivity index (χ1v) is 8.11. The van der Waals surface area contributed by atoms with Crippen molar-refractivity contribution in [2.45, 2.75) is 19.8 Å². The number of benzene rings is 1. The molecule has 1 aliphatic carbocycles. The minimum Gasteiger partial charge on any atom is -0.383 e. The van der Waals surface area contributed by atoms with Crippen LogP contribution in [0.2, 0.25) is 5.02 Å². The first-order chi connectivity index (χ1) is 11.2. The number of hydrogen-bond donors (Lipinski definition) is 0. The van der Waals surface area contributed by atoms with Gasteiger partial charge in [-0.1, -0.05) is 11.6 Å². The summed E-state index contributed by atoms with van der Waals surface area (Å²) < 4.78 is 0. The summed E-state index contributed by atoms with van der Waals surface area (Å²) in [6.07, 6.45) is 3.19. The zero-order valence-electron chi connectivity index (χ0n) is 14.3. The van der Waals surface area contributed by atoms with Crippen molar-refractivity contribution in [2.24, 2.45) is 5.92 Å². The Morgan fingerprint density at radius 3 is 2.29 bits per heavy atom. The van der Waals surface area contributed by atoms with E-state index in [1.165, 1.54) is 11.8 Å². The Bertz CT molecular complexity index is 721. The number of halogens is 1. The second kappa shape index (κ2) is 7.18. The van der Waals surface area contributed by atoms with Gasteiger partial charge in [0.1, 0.15) is 0 Å². The molecule has 128 valence electrons. The Morgan fingerprint density at radius 2 is 1.79 bits per heavy atom. The lowest BCUT2D eigenvalue weighted by molar-refractivity contribution is -0.117. The zero-order valence-corrected chi connectivity index (χ0v) is 15.1. The highest BCUT2D eigenvalue weighted by Crippen LogP contribution is 2.34. The van der Waals surface area contributed by atoms with Gasteiger partial charge in [0, 0.05) is 50.8 Å². The highest BCUT2D eigenvalue weighted by atomic mass is 35.5. The fraction of sp³-hybridized carbons (Fsp3) is 0.389. The summed E-state index contributed by atoms with van der Waals surface area (Å²) in [5.74, 6) is -0.820. The van der Waals surface area contributed by atoms with Gasteiger partial charge >= 0.3 is 0 Å². The number of ketones is 2. The van der Waals surface area contributed by atoms with Gasteiger partial charge < -0.3 is 9.80 Å². The van der Waals surface area contributed by atoms with Crippen LogP contribution in [0, 0.1) is 5.92 Å². The molecule has 6 heteroatoms. The summed E-state index contributed by atoms with van der Waals surface area (Å²) in [7, 11) is 5.10. The van der Waals surface area contributed by atoms with Crippen LogP contribution in [0.1, 0.15) is 30.1 Å². The van der Waals surface area contributed by atoms with Gasteiger partial charge in [0.05, 0.1) is 11.3 Å². The molecule has 1 fully saturated rings. The smallest absolute Gasteiger partial charge is 0.223 e. The Morgan fingerprint density at radius 1 is 1.17 bits per heavy atom. The number of carbonyl (C=O) groups is 3. The third-order valence-corrected chi connectivity index (χ3v) is 4.12. The molecule has 24 heavy (non-hydrogen) atoms. The van der Waals surface area contributed by atoms with Crippen LogP contribution in [0.3, 0.4) is 0 Å². The second-order valence-electron chi connectivity index (χ2n) is 6.21. The molecule has 0 bridgehead atoms. The highest BCUT2D eigenvalue weighted by molar-refractivity contribution is 6.32. The van der Waals surface area contributed by atoms with Gasteiger partial charge in [-0.15, -0.1) is 0 Å². The SMILES string of the molecule is CC(=O)N(C)c1cc(Cl)ccc1C(=O)/C(=C\N(C)C)C(=O)C1CC1. The van der Waals surface area contributed by atoms with E-state index in [2.05, 4.69) is 0 Å². The predicted molar refractivity (Wildman–Crippen MR) is 94.4 cm³/mol. The number of rotatable bonds is 6. The first-order valence-electron chi connectivity index (χ1n) is 7.73. The predicted octanol–water partition coefficient (Wildman–Crippen LogP) is 2.93. The third kappa shape index (κ3) is 4.03. The van der Waals surface area contributed by atoms with Gasteiger partial charge in [-0.05, 0) is 31.0 Å². The maximum Gasteiger partial charge on any atom is 0.223 e. The molecule has 0 N–H and O–H groups in total. The Hall–Kier alpha value is -2.14. The molecule has 1 aromatic rings. The van der Waals surface area contributed by atoms with E-state index in [-0.39, 0.29) is 29.0 Å². The normalized spacial score (nSPS) is 14.3. The van der Waals surface area contributed by atoms with Crippen LogP contribution in [-0.4, -0.2) is 43.5 Å². The fourth-order valence-electron chi connectivity index (χ4n) is 2.35. The van der Waals surface area contributed by atoms with Crippen LogP contribution >= 0.6 is 11.6 Å². The van der Waals surface area contributed by atoms with Gasteiger partial charge in [0.25, 0.3) is 0 Å². The number of nitrogens with zero attached hydrogens (tertiary/aromatic N) is 2. The van der Waals surface area contributed by atoms with Gasteiger partial charge in [-0.3, -0.25) is 14.4 Å². The average molecular weight is 349 g/mol. The van der Waals surface area contributed by atoms with Gasteiger partial charge in [0.2, 0.25) is 5.91 Å². The quantitative estimate of drug-likeness (QED) is 0.343. The summed E-state index contributed by atoms with van der Waals surface area (Å²) in [6.45, 7) is 1.40. The minimum absolute atomic E-state index is 0.0681. The van der Waals surface area contributed by atoms with Crippen LogP contribution in [-0.2, 0) is 9.59 Å². The molecule has 0 atom stereocenters. The summed E-state index contributed by atoms with van der Waals surface area (Å²) in [5, 5.41) is 0.418. The van der Waals surface area contributed by atoms with Gasteiger partial charge in [0.15, 0.2) is 11.6 Å². The van der Waals surface area contributed by atoms with Crippen molar-refractivity contribution in [3.63, 3.8) is 0 Å². The van der Waals surface area contributed by atoms with E-state index in [0.29, 0.717) is 16.3 Å². The number of allylic oxidation sites excluding steroid dienone is 1. The van der Waals surface area contributed by atoms with Crippen molar-refractivity contribution in [2.75, 3.05) is 26.0 Å². The van der Waals surface area contributed by atoms with E-state index >= 15 is 0 Å². The van der Waals surface area contributed by atoms with Crippen molar-refractivity contribution in [1.29, 1.82) is 0 Å². The molecule has 1 saturated carbocycles. The van der Waals surface area contributed by atoms with E-state index in [4.69, 9.17) is 11.6 Å². The van der Waals surface area contributed by atoms with Crippen molar-refractivity contribution < 1.29 is 14.4 Å². The highest BCUT2D eigenvalue weighted by Gasteiger charge is 2.35. The number of Topliss-reactive ketones (excluding diaryl/α,β-unsaturated/α-hetero) is 2. The standard InChI is InChI=1S/C18H21ClN2O3/c1-11(22)21(4)16-9-13(19)7-8-14(16)18(24)15(10-20(2)3)17(23)12-5-6-12/h7-10,12H,5-6H2,1-4H3/b15-10-. The Labute approximate surface area is 146 Å². The fourth-order valence-corrected chi connectivity index (χ4v) is 2.51. The van der Waals surface area contributed by atoms with E-state index < -0.39 is 0 Å². The van der Waals surface area contributed by atoms with E-state index in [1.807, 2.05) is 0 Å². The molecular weight excluding hydrogens is 328 g/mol. The number of carbonyl (C=O) groups excluding carboxylic acids is 3. The molecule has 0 spiro atoms. The van der Waals surface area contributed by atoms with Crippen molar-refractivity contribution in [3.05, 3.63) is 40.6 Å². The maximum atomic E-state index is 13.0. The lowest BCUT2D eigenvalue weighted by Gasteiger charge is -2.20. The van der Waals surface area contributed by atoms with Crippen LogP contribution in [0.15, 0.2) is 30.0 Å². The van der Waals surface area contributed by atoms with E-state index in [1.54, 1.807) is 50.4 Å². The largest absolute Gasteiger partial charge is 0.383 e. The molecule has 2 rings (SSSR count). The average Bonchev–Trinajstić information content (AvgIpc) is 3.35. The zero-order chi connectivity index (χ0) is 18.0. The Kier molecular flexibility index (Phi) is 5.44. The molecule has 1 amide bonds. The lowest BCUT2D eigenvalue weighted by atomic mass is 9.96. The van der Waals surface area contributed by atoms with Gasteiger partial charge in [-0.2, -0.15) is 0 Å². The van der Waals surface area contributed by atoms with E-state index in [9.17, 15) is 14.4 Å². The topological polar surface area (TPSA) is 57.7 Å². The van der Waals surface area contributed by atoms with E-state index in [0.717, 1.165) is 12.8 Å². The molecule has 0 aromatic heterocycles. The van der Waals surface area contributed by atoms with Crippen molar-refractivity contribution in [3.8, 4) is 0 Å². The first kappa shape index (κ1) is 18.2. The third-order valence-electron chi connectivity index (χ3n) is 3.88. The molecule has 1 aromatic carbocycles. The number of amides is 1. The molecule has 0 aliphatic heterocycles. The molecule has 5 nitrogen and oxygen atoms in total. The Balaban J connectivity index is 2.50. The maximum absolute atomic E-state index is 13.0. The van der Waals surface area contributed by atoms with Crippen molar-refractivity contribution in [1.82, 2.24) is 4.90 Å². The number of anilines is 1. The van der Waals surface area contributed by atoms with Crippen LogP contribution in [0.25, 0.3) is 0 Å². The van der Waals surface area contributed by atoms with Crippen molar-refractivity contribution >= 4 is 34.8 Å². The van der Waals surface area contributed by atoms with Crippen LogP contribution in [0.4, 0.5) is 5.69 Å². The lowest BCUT2D eigenvalue weighted by Crippen LogP contribution is -2.26. The molecule has 0 unspecified atom stereocenters. The molecule has 1 aliphatic rings. The van der Waals surface area contributed by atoms with Gasteiger partial charge in [-0.25, -0.2) is 0 Å². The molecular formula is C18H21ClN2O3. The summed E-state index contributed by atoms with van der Waals surface area (Å²) >= 11 is 6.02.